The number of aryl methyl sites for hydroxylation is 2. The van der Waals surface area contributed by atoms with Gasteiger partial charge >= 0.3 is 12.1 Å². The molecule has 0 bridgehead atoms. The van der Waals surface area contributed by atoms with Crippen molar-refractivity contribution in [2.45, 2.75) is 51.1 Å². The van der Waals surface area contributed by atoms with Gasteiger partial charge in [0.2, 0.25) is 5.91 Å². The number of amides is 2. The molecule has 0 unspecified atom stereocenters. The molecule has 0 aromatic heterocycles. The first-order valence-corrected chi connectivity index (χ1v) is 9.53. The maximum Gasteiger partial charge on any atom is 0.471 e. The number of carbonyl (C=O) groups is 2. The normalized spacial score (nSPS) is 16.9. The average Bonchev–Trinajstić information content (AvgIpc) is 2.88. The standard InChI is InChI=1S/C22H21F3N2O2/c1-12-8-15(26-20(29)22(23,24)25)9-13(2)16(12)10-14-4-5-18-17(11-14)21(6-3-7-21)19(28)27-18/h4-5,8-9,11H,3,6-7,10H2,1-2H3,(H,26,29)(H,27,28). The van der Waals surface area contributed by atoms with Crippen LogP contribution in [0.5, 0.6) is 0 Å². The predicted octanol–water partition coefficient (Wildman–Crippen LogP) is 4.77. The highest BCUT2D eigenvalue weighted by Crippen LogP contribution is 2.51. The molecule has 1 aliphatic carbocycles. The number of benzene rings is 2. The highest BCUT2D eigenvalue weighted by Gasteiger charge is 2.50. The highest BCUT2D eigenvalue weighted by atomic mass is 19.4. The zero-order valence-electron chi connectivity index (χ0n) is 16.2. The van der Waals surface area contributed by atoms with Gasteiger partial charge in [0, 0.05) is 11.4 Å². The Hall–Kier alpha value is -2.83. The van der Waals surface area contributed by atoms with Gasteiger partial charge in [0.15, 0.2) is 0 Å². The first kappa shape index (κ1) is 19.5. The molecule has 2 N–H and O–H groups in total. The minimum absolute atomic E-state index is 0.0769. The zero-order valence-corrected chi connectivity index (χ0v) is 16.2. The van der Waals surface area contributed by atoms with Crippen LogP contribution in [0.15, 0.2) is 30.3 Å². The molecular formula is C22H21F3N2O2. The molecular weight excluding hydrogens is 381 g/mol. The smallest absolute Gasteiger partial charge is 0.325 e. The molecule has 1 fully saturated rings. The topological polar surface area (TPSA) is 58.2 Å². The van der Waals surface area contributed by atoms with Gasteiger partial charge in [0.25, 0.3) is 0 Å². The first-order valence-electron chi connectivity index (χ1n) is 9.53. The Bertz CT molecular complexity index is 1000. The van der Waals surface area contributed by atoms with Crippen molar-refractivity contribution < 1.29 is 22.8 Å². The van der Waals surface area contributed by atoms with Gasteiger partial charge in [-0.15, -0.1) is 0 Å². The van der Waals surface area contributed by atoms with E-state index in [1.54, 1.807) is 12.1 Å². The van der Waals surface area contributed by atoms with E-state index < -0.39 is 12.1 Å². The predicted molar refractivity (Wildman–Crippen MR) is 104 cm³/mol. The summed E-state index contributed by atoms with van der Waals surface area (Å²) in [5, 5.41) is 4.88. The summed E-state index contributed by atoms with van der Waals surface area (Å²) in [4.78, 5) is 23.6. The van der Waals surface area contributed by atoms with Crippen molar-refractivity contribution in [2.24, 2.45) is 0 Å². The summed E-state index contributed by atoms with van der Waals surface area (Å²) in [6.07, 6.45) is -1.56. The molecule has 0 radical (unpaired) electrons. The summed E-state index contributed by atoms with van der Waals surface area (Å²) in [7, 11) is 0. The van der Waals surface area contributed by atoms with Gasteiger partial charge in [0.1, 0.15) is 0 Å². The molecule has 7 heteroatoms. The van der Waals surface area contributed by atoms with Crippen LogP contribution in [0, 0.1) is 13.8 Å². The minimum Gasteiger partial charge on any atom is -0.325 e. The number of hydrogen-bond donors (Lipinski definition) is 2. The Labute approximate surface area is 166 Å². The van der Waals surface area contributed by atoms with Gasteiger partial charge in [-0.3, -0.25) is 9.59 Å². The SMILES string of the molecule is Cc1cc(NC(=O)C(F)(F)F)cc(C)c1Cc1ccc2c(c1)C1(CCC1)C(=O)N2. The van der Waals surface area contributed by atoms with Crippen LogP contribution in [0.4, 0.5) is 24.5 Å². The van der Waals surface area contributed by atoms with E-state index >= 15 is 0 Å². The molecule has 0 atom stereocenters. The number of nitrogens with one attached hydrogen (secondary N) is 2. The average molecular weight is 402 g/mol. The quantitative estimate of drug-likeness (QED) is 0.777. The van der Waals surface area contributed by atoms with E-state index in [9.17, 15) is 22.8 Å². The molecule has 2 amide bonds. The third-order valence-electron chi connectivity index (χ3n) is 6.08. The second kappa shape index (κ2) is 6.61. The summed E-state index contributed by atoms with van der Waals surface area (Å²) in [5.41, 5.74) is 5.31. The van der Waals surface area contributed by atoms with E-state index in [1.807, 2.05) is 31.3 Å². The van der Waals surface area contributed by atoms with Crippen LogP contribution in [0.3, 0.4) is 0 Å². The van der Waals surface area contributed by atoms with E-state index in [1.165, 1.54) is 0 Å². The Morgan fingerprint density at radius 1 is 1.14 bits per heavy atom. The third kappa shape index (κ3) is 3.28. The van der Waals surface area contributed by atoms with Crippen molar-refractivity contribution in [2.75, 3.05) is 10.6 Å². The lowest BCUT2D eigenvalue weighted by atomic mass is 9.65. The first-order chi connectivity index (χ1) is 13.6. The molecule has 1 aliphatic heterocycles. The molecule has 0 saturated heterocycles. The van der Waals surface area contributed by atoms with Gasteiger partial charge in [-0.2, -0.15) is 13.2 Å². The molecule has 2 aliphatic rings. The minimum atomic E-state index is -4.92. The van der Waals surface area contributed by atoms with Crippen molar-refractivity contribution in [1.82, 2.24) is 0 Å². The molecule has 4 rings (SSSR count). The fourth-order valence-electron chi connectivity index (χ4n) is 4.35. The van der Waals surface area contributed by atoms with Crippen LogP contribution in [-0.4, -0.2) is 18.0 Å². The molecule has 2 aromatic rings. The number of fused-ring (bicyclic) bond motifs is 2. The van der Waals surface area contributed by atoms with E-state index in [0.29, 0.717) is 6.42 Å². The second-order valence-electron chi connectivity index (χ2n) is 7.99. The second-order valence-corrected chi connectivity index (χ2v) is 7.99. The molecule has 1 saturated carbocycles. The van der Waals surface area contributed by atoms with Crippen molar-refractivity contribution in [3.05, 3.63) is 58.1 Å². The lowest BCUT2D eigenvalue weighted by Crippen LogP contribution is -2.40. The molecule has 29 heavy (non-hydrogen) atoms. The van der Waals surface area contributed by atoms with E-state index in [2.05, 4.69) is 11.4 Å². The summed E-state index contributed by atoms with van der Waals surface area (Å²) < 4.78 is 37.5. The zero-order chi connectivity index (χ0) is 21.0. The Morgan fingerprint density at radius 3 is 2.34 bits per heavy atom. The van der Waals surface area contributed by atoms with Crippen LogP contribution < -0.4 is 10.6 Å². The van der Waals surface area contributed by atoms with Crippen molar-refractivity contribution in [3.8, 4) is 0 Å². The molecule has 4 nitrogen and oxygen atoms in total. The van der Waals surface area contributed by atoms with Crippen LogP contribution in [0.1, 0.15) is 47.1 Å². The Balaban J connectivity index is 1.60. The fourth-order valence-corrected chi connectivity index (χ4v) is 4.35. The number of halogens is 3. The fraction of sp³-hybridized carbons (Fsp3) is 0.364. The van der Waals surface area contributed by atoms with Crippen LogP contribution in [0.2, 0.25) is 0 Å². The number of carbonyl (C=O) groups excluding carboxylic acids is 2. The number of alkyl halides is 3. The molecule has 152 valence electrons. The summed E-state index contributed by atoms with van der Waals surface area (Å²) in [6, 6.07) is 9.08. The largest absolute Gasteiger partial charge is 0.471 e. The highest BCUT2D eigenvalue weighted by molar-refractivity contribution is 6.07. The van der Waals surface area contributed by atoms with Gasteiger partial charge < -0.3 is 10.6 Å². The lowest BCUT2D eigenvalue weighted by Gasteiger charge is -2.36. The van der Waals surface area contributed by atoms with E-state index in [4.69, 9.17) is 0 Å². The summed E-state index contributed by atoms with van der Waals surface area (Å²) >= 11 is 0. The van der Waals surface area contributed by atoms with Gasteiger partial charge in [0.05, 0.1) is 5.41 Å². The molecule has 1 heterocycles. The lowest BCUT2D eigenvalue weighted by molar-refractivity contribution is -0.167. The van der Waals surface area contributed by atoms with Crippen LogP contribution in [-0.2, 0) is 21.4 Å². The number of anilines is 2. The van der Waals surface area contributed by atoms with Crippen molar-refractivity contribution in [3.63, 3.8) is 0 Å². The molecule has 1 spiro atoms. The van der Waals surface area contributed by atoms with Gasteiger partial charge in [-0.1, -0.05) is 18.6 Å². The van der Waals surface area contributed by atoms with Gasteiger partial charge in [-0.05, 0) is 79.1 Å². The monoisotopic (exact) mass is 402 g/mol. The summed E-state index contributed by atoms with van der Waals surface area (Å²) in [6.45, 7) is 3.63. The number of rotatable bonds is 3. The number of hydrogen-bond acceptors (Lipinski definition) is 2. The summed E-state index contributed by atoms with van der Waals surface area (Å²) in [5.74, 6) is -1.90. The van der Waals surface area contributed by atoms with E-state index in [-0.39, 0.29) is 17.0 Å². The maximum absolute atomic E-state index is 12.5. The van der Waals surface area contributed by atoms with Crippen molar-refractivity contribution >= 4 is 23.2 Å². The maximum atomic E-state index is 12.5. The van der Waals surface area contributed by atoms with Crippen LogP contribution >= 0.6 is 0 Å². The Morgan fingerprint density at radius 2 is 1.79 bits per heavy atom. The third-order valence-corrected chi connectivity index (χ3v) is 6.08. The Kier molecular flexibility index (Phi) is 4.44. The van der Waals surface area contributed by atoms with E-state index in [0.717, 1.165) is 52.8 Å². The van der Waals surface area contributed by atoms with Crippen LogP contribution in [0.25, 0.3) is 0 Å². The van der Waals surface area contributed by atoms with Gasteiger partial charge in [-0.25, -0.2) is 0 Å². The molecule has 2 aromatic carbocycles. The van der Waals surface area contributed by atoms with Crippen molar-refractivity contribution in [1.29, 1.82) is 0 Å².